The van der Waals surface area contributed by atoms with E-state index >= 15 is 0 Å². The van der Waals surface area contributed by atoms with Crippen molar-refractivity contribution in [3.8, 4) is 0 Å². The van der Waals surface area contributed by atoms with Crippen LogP contribution < -0.4 is 11.1 Å². The summed E-state index contributed by atoms with van der Waals surface area (Å²) >= 11 is 0. The molecular formula is C11H16N2O. The predicted molar refractivity (Wildman–Crippen MR) is 56.7 cm³/mol. The summed E-state index contributed by atoms with van der Waals surface area (Å²) in [6, 6.07) is 8.14. The first kappa shape index (κ1) is 10.7. The first-order valence-electron chi connectivity index (χ1n) is 4.82. The second-order valence-corrected chi connectivity index (χ2v) is 3.15. The second kappa shape index (κ2) is 6.16. The summed E-state index contributed by atoms with van der Waals surface area (Å²) in [6.45, 7) is 1.31. The van der Waals surface area contributed by atoms with Crippen molar-refractivity contribution in [2.24, 2.45) is 5.73 Å². The molecular weight excluding hydrogens is 176 g/mol. The monoisotopic (exact) mass is 192 g/mol. The zero-order valence-corrected chi connectivity index (χ0v) is 8.20. The van der Waals surface area contributed by atoms with Gasteiger partial charge in [0.15, 0.2) is 0 Å². The summed E-state index contributed by atoms with van der Waals surface area (Å²) in [4.78, 5) is 10.0. The first-order valence-corrected chi connectivity index (χ1v) is 4.82. The van der Waals surface area contributed by atoms with E-state index in [-0.39, 0.29) is 0 Å². The molecule has 0 heterocycles. The van der Waals surface area contributed by atoms with E-state index in [0.717, 1.165) is 25.8 Å². The van der Waals surface area contributed by atoms with Gasteiger partial charge in [-0.15, -0.1) is 0 Å². The van der Waals surface area contributed by atoms with Gasteiger partial charge in [0.25, 0.3) is 0 Å². The Morgan fingerprint density at radius 1 is 1.29 bits per heavy atom. The molecule has 76 valence electrons. The Kier molecular flexibility index (Phi) is 4.72. The van der Waals surface area contributed by atoms with Crippen LogP contribution >= 0.6 is 0 Å². The van der Waals surface area contributed by atoms with E-state index in [0.29, 0.717) is 6.54 Å². The molecule has 0 aliphatic carbocycles. The standard InChI is InChI=1S/C11H16N2O/c12-8-11-5-2-1-4-10(11)6-3-7-13-9-14/h1-2,4-5,9H,3,6-8,12H2,(H,13,14). The molecule has 0 unspecified atom stereocenters. The predicted octanol–water partition coefficient (Wildman–Crippen LogP) is 0.824. The van der Waals surface area contributed by atoms with Gasteiger partial charge in [-0.05, 0) is 24.0 Å². The van der Waals surface area contributed by atoms with E-state index in [1.54, 1.807) is 0 Å². The molecule has 1 aromatic carbocycles. The van der Waals surface area contributed by atoms with E-state index < -0.39 is 0 Å². The van der Waals surface area contributed by atoms with Gasteiger partial charge >= 0.3 is 0 Å². The van der Waals surface area contributed by atoms with E-state index in [9.17, 15) is 4.79 Å². The summed E-state index contributed by atoms with van der Waals surface area (Å²) in [5.41, 5.74) is 8.08. The third-order valence-corrected chi connectivity index (χ3v) is 2.19. The highest BCUT2D eigenvalue weighted by atomic mass is 16.1. The normalized spacial score (nSPS) is 9.79. The minimum absolute atomic E-state index is 0.581. The summed E-state index contributed by atoms with van der Waals surface area (Å²) < 4.78 is 0. The van der Waals surface area contributed by atoms with Gasteiger partial charge in [-0.1, -0.05) is 24.3 Å². The van der Waals surface area contributed by atoms with Crippen molar-refractivity contribution in [3.05, 3.63) is 35.4 Å². The molecule has 0 radical (unpaired) electrons. The highest BCUT2D eigenvalue weighted by molar-refractivity contribution is 5.45. The van der Waals surface area contributed by atoms with Crippen LogP contribution in [-0.4, -0.2) is 13.0 Å². The molecule has 0 aromatic heterocycles. The molecule has 0 aliphatic rings. The highest BCUT2D eigenvalue weighted by Crippen LogP contribution is 2.09. The van der Waals surface area contributed by atoms with Crippen molar-refractivity contribution in [2.45, 2.75) is 19.4 Å². The number of amides is 1. The summed E-state index contributed by atoms with van der Waals surface area (Å²) in [5.74, 6) is 0. The van der Waals surface area contributed by atoms with Crippen LogP contribution in [0.5, 0.6) is 0 Å². The van der Waals surface area contributed by atoms with Crippen molar-refractivity contribution in [1.29, 1.82) is 0 Å². The molecule has 0 aliphatic heterocycles. The van der Waals surface area contributed by atoms with Crippen LogP contribution in [0.2, 0.25) is 0 Å². The van der Waals surface area contributed by atoms with Crippen LogP contribution in [-0.2, 0) is 17.8 Å². The van der Waals surface area contributed by atoms with Crippen LogP contribution in [0.15, 0.2) is 24.3 Å². The lowest BCUT2D eigenvalue weighted by atomic mass is 10.0. The Hall–Kier alpha value is -1.35. The maximum atomic E-state index is 10.0. The molecule has 3 N–H and O–H groups in total. The molecule has 0 atom stereocenters. The van der Waals surface area contributed by atoms with Crippen molar-refractivity contribution in [2.75, 3.05) is 6.54 Å². The number of nitrogens with one attached hydrogen (secondary N) is 1. The summed E-state index contributed by atoms with van der Waals surface area (Å²) in [7, 11) is 0. The third kappa shape index (κ3) is 3.18. The van der Waals surface area contributed by atoms with Gasteiger partial charge in [0, 0.05) is 13.1 Å². The molecule has 3 nitrogen and oxygen atoms in total. The van der Waals surface area contributed by atoms with Crippen LogP contribution in [0.1, 0.15) is 17.5 Å². The van der Waals surface area contributed by atoms with Crippen LogP contribution in [0.3, 0.4) is 0 Å². The maximum Gasteiger partial charge on any atom is 0.207 e. The molecule has 0 bridgehead atoms. The number of aryl methyl sites for hydroxylation is 1. The highest BCUT2D eigenvalue weighted by Gasteiger charge is 1.98. The molecule has 14 heavy (non-hydrogen) atoms. The Balaban J connectivity index is 2.44. The fraction of sp³-hybridized carbons (Fsp3) is 0.364. The van der Waals surface area contributed by atoms with Gasteiger partial charge in [0.1, 0.15) is 0 Å². The molecule has 0 fully saturated rings. The van der Waals surface area contributed by atoms with Gasteiger partial charge in [-0.3, -0.25) is 4.79 Å². The number of carbonyl (C=O) groups is 1. The molecule has 0 saturated heterocycles. The van der Waals surface area contributed by atoms with E-state index in [4.69, 9.17) is 5.73 Å². The fourth-order valence-corrected chi connectivity index (χ4v) is 1.44. The van der Waals surface area contributed by atoms with Gasteiger partial charge in [-0.2, -0.15) is 0 Å². The lowest BCUT2D eigenvalue weighted by molar-refractivity contribution is -0.109. The summed E-state index contributed by atoms with van der Waals surface area (Å²) in [6.07, 6.45) is 2.65. The third-order valence-electron chi connectivity index (χ3n) is 2.19. The number of carbonyl (C=O) groups excluding carboxylic acids is 1. The van der Waals surface area contributed by atoms with E-state index in [1.165, 1.54) is 11.1 Å². The topological polar surface area (TPSA) is 55.1 Å². The Bertz CT molecular complexity index is 286. The van der Waals surface area contributed by atoms with Crippen molar-refractivity contribution in [1.82, 2.24) is 5.32 Å². The van der Waals surface area contributed by atoms with E-state index in [2.05, 4.69) is 11.4 Å². The zero-order valence-electron chi connectivity index (χ0n) is 8.20. The maximum absolute atomic E-state index is 10.0. The second-order valence-electron chi connectivity index (χ2n) is 3.15. The minimum Gasteiger partial charge on any atom is -0.359 e. The molecule has 1 rings (SSSR count). The SMILES string of the molecule is NCc1ccccc1CCCNC=O. The first-order chi connectivity index (χ1) is 6.88. The van der Waals surface area contributed by atoms with Crippen molar-refractivity contribution in [3.63, 3.8) is 0 Å². The average Bonchev–Trinajstić information content (AvgIpc) is 2.25. The van der Waals surface area contributed by atoms with Crippen molar-refractivity contribution >= 4 is 6.41 Å². The number of hydrogen-bond donors (Lipinski definition) is 2. The number of hydrogen-bond acceptors (Lipinski definition) is 2. The van der Waals surface area contributed by atoms with Gasteiger partial charge < -0.3 is 11.1 Å². The van der Waals surface area contributed by atoms with Gasteiger partial charge in [0.2, 0.25) is 6.41 Å². The molecule has 0 spiro atoms. The quantitative estimate of drug-likeness (QED) is 0.518. The lowest BCUT2D eigenvalue weighted by Crippen LogP contribution is -2.13. The Morgan fingerprint density at radius 2 is 2.00 bits per heavy atom. The summed E-state index contributed by atoms with van der Waals surface area (Å²) in [5, 5.41) is 2.64. The van der Waals surface area contributed by atoms with Crippen LogP contribution in [0.4, 0.5) is 0 Å². The number of benzene rings is 1. The fourth-order valence-electron chi connectivity index (χ4n) is 1.44. The Labute approximate surface area is 84.3 Å². The minimum atomic E-state index is 0.581. The Morgan fingerprint density at radius 3 is 2.64 bits per heavy atom. The largest absolute Gasteiger partial charge is 0.359 e. The molecule has 1 aromatic rings. The molecule has 0 saturated carbocycles. The lowest BCUT2D eigenvalue weighted by Gasteiger charge is -2.06. The van der Waals surface area contributed by atoms with Crippen LogP contribution in [0, 0.1) is 0 Å². The number of rotatable bonds is 6. The average molecular weight is 192 g/mol. The van der Waals surface area contributed by atoms with Gasteiger partial charge in [0.05, 0.1) is 0 Å². The molecule has 1 amide bonds. The van der Waals surface area contributed by atoms with Crippen LogP contribution in [0.25, 0.3) is 0 Å². The number of nitrogens with two attached hydrogens (primary N) is 1. The zero-order chi connectivity index (χ0) is 10.2. The van der Waals surface area contributed by atoms with Gasteiger partial charge in [-0.25, -0.2) is 0 Å². The smallest absolute Gasteiger partial charge is 0.207 e. The van der Waals surface area contributed by atoms with E-state index in [1.807, 2.05) is 18.2 Å². The molecule has 3 heteroatoms. The van der Waals surface area contributed by atoms with Crippen molar-refractivity contribution < 1.29 is 4.79 Å².